The molecule has 3 aromatic carbocycles. The van der Waals surface area contributed by atoms with Crippen LogP contribution in [0.5, 0.6) is 0 Å². The predicted molar refractivity (Wildman–Crippen MR) is 117 cm³/mol. The van der Waals surface area contributed by atoms with Crippen LogP contribution in [0.25, 0.3) is 0 Å². The van der Waals surface area contributed by atoms with Crippen molar-refractivity contribution in [2.75, 3.05) is 10.2 Å². The molecule has 140 valence electrons. The number of anilines is 2. The Morgan fingerprint density at radius 3 is 2.00 bits per heavy atom. The second kappa shape index (κ2) is 7.89. The third-order valence-electron chi connectivity index (χ3n) is 4.49. The first kappa shape index (κ1) is 18.9. The van der Waals surface area contributed by atoms with E-state index in [4.69, 9.17) is 0 Å². The zero-order valence-corrected chi connectivity index (χ0v) is 17.7. The zero-order valence-electron chi connectivity index (χ0n) is 14.6. The van der Waals surface area contributed by atoms with Crippen molar-refractivity contribution in [3.8, 4) is 0 Å². The maximum absolute atomic E-state index is 13.4. The van der Waals surface area contributed by atoms with Crippen molar-refractivity contribution in [1.82, 2.24) is 0 Å². The second-order valence-corrected chi connectivity index (χ2v) is 8.19. The number of carbonyl (C=O) groups is 1. The van der Waals surface area contributed by atoms with Crippen LogP contribution in [0.4, 0.5) is 15.8 Å². The lowest BCUT2D eigenvalue weighted by atomic mass is 10.1. The smallest absolute Gasteiger partial charge is 0.275 e. The minimum absolute atomic E-state index is 0.139. The van der Waals surface area contributed by atoms with Gasteiger partial charge in [0.15, 0.2) is 0 Å². The number of hydrogen-bond acceptors (Lipinski definition) is 2. The van der Waals surface area contributed by atoms with Gasteiger partial charge in [0.25, 0.3) is 5.91 Å². The van der Waals surface area contributed by atoms with Crippen molar-refractivity contribution in [2.24, 2.45) is 0 Å². The Kier molecular flexibility index (Phi) is 5.33. The quantitative estimate of drug-likeness (QED) is 0.446. The number of halogens is 3. The van der Waals surface area contributed by atoms with Crippen LogP contribution in [-0.4, -0.2) is 5.91 Å². The van der Waals surface area contributed by atoms with Crippen molar-refractivity contribution in [3.05, 3.63) is 105 Å². The van der Waals surface area contributed by atoms with Crippen molar-refractivity contribution >= 4 is 49.1 Å². The largest absolute Gasteiger partial charge is 0.351 e. The highest BCUT2D eigenvalue weighted by atomic mass is 79.9. The molecule has 0 bridgehead atoms. The third kappa shape index (κ3) is 3.88. The van der Waals surface area contributed by atoms with Crippen LogP contribution in [0.15, 0.2) is 93.5 Å². The molecule has 1 aliphatic rings. The van der Waals surface area contributed by atoms with E-state index in [2.05, 4.69) is 37.2 Å². The van der Waals surface area contributed by atoms with Crippen LogP contribution in [0.2, 0.25) is 0 Å². The van der Waals surface area contributed by atoms with Crippen molar-refractivity contribution in [2.45, 2.75) is 6.04 Å². The molecule has 1 aliphatic heterocycles. The van der Waals surface area contributed by atoms with Gasteiger partial charge in [0.05, 0.1) is 6.04 Å². The van der Waals surface area contributed by atoms with Gasteiger partial charge in [-0.3, -0.25) is 9.69 Å². The van der Waals surface area contributed by atoms with Crippen LogP contribution in [0.1, 0.15) is 11.6 Å². The summed E-state index contributed by atoms with van der Waals surface area (Å²) in [6.45, 7) is 0. The van der Waals surface area contributed by atoms with Crippen LogP contribution in [-0.2, 0) is 4.79 Å². The van der Waals surface area contributed by atoms with E-state index in [0.717, 1.165) is 25.9 Å². The first-order valence-electron chi connectivity index (χ1n) is 8.60. The summed E-state index contributed by atoms with van der Waals surface area (Å²) in [5.41, 5.74) is 2.91. The fourth-order valence-electron chi connectivity index (χ4n) is 3.13. The van der Waals surface area contributed by atoms with Gasteiger partial charge in [-0.25, -0.2) is 4.39 Å². The highest BCUT2D eigenvalue weighted by Crippen LogP contribution is 2.36. The zero-order chi connectivity index (χ0) is 19.7. The first-order chi connectivity index (χ1) is 13.5. The summed E-state index contributed by atoms with van der Waals surface area (Å²) in [6, 6.07) is 21.1. The summed E-state index contributed by atoms with van der Waals surface area (Å²) in [5, 5.41) is 3.21. The molecule has 3 aromatic rings. The van der Waals surface area contributed by atoms with E-state index in [9.17, 15) is 9.18 Å². The Bertz CT molecular complexity index is 1030. The summed E-state index contributed by atoms with van der Waals surface area (Å²) < 4.78 is 15.3. The summed E-state index contributed by atoms with van der Waals surface area (Å²) >= 11 is 6.83. The molecule has 1 heterocycles. The van der Waals surface area contributed by atoms with E-state index < -0.39 is 0 Å². The number of rotatable bonds is 4. The van der Waals surface area contributed by atoms with Crippen molar-refractivity contribution in [1.29, 1.82) is 0 Å². The predicted octanol–water partition coefficient (Wildman–Crippen LogP) is 6.43. The van der Waals surface area contributed by atoms with Gasteiger partial charge in [-0.15, -0.1) is 0 Å². The van der Waals surface area contributed by atoms with Gasteiger partial charge in [0.2, 0.25) is 0 Å². The molecule has 0 aromatic heterocycles. The SMILES string of the molecule is O=C1C(Nc2ccc(Br)cc2)=C[C@@H](c2ccc(F)cc2)N1c1ccc(Br)cc1. The van der Waals surface area contributed by atoms with Crippen LogP contribution in [0, 0.1) is 5.82 Å². The Morgan fingerprint density at radius 2 is 1.39 bits per heavy atom. The monoisotopic (exact) mass is 500 g/mol. The fourth-order valence-corrected chi connectivity index (χ4v) is 3.66. The molecule has 0 unspecified atom stereocenters. The molecular formula is C22H15Br2FN2O. The molecular weight excluding hydrogens is 487 g/mol. The molecule has 6 heteroatoms. The lowest BCUT2D eigenvalue weighted by Gasteiger charge is -2.25. The lowest BCUT2D eigenvalue weighted by molar-refractivity contribution is -0.114. The van der Waals surface area contributed by atoms with Gasteiger partial charge in [-0.05, 0) is 72.3 Å². The Labute approximate surface area is 179 Å². The van der Waals surface area contributed by atoms with E-state index >= 15 is 0 Å². The summed E-state index contributed by atoms with van der Waals surface area (Å²) in [4.78, 5) is 14.9. The molecule has 28 heavy (non-hydrogen) atoms. The Morgan fingerprint density at radius 1 is 0.821 bits per heavy atom. The molecule has 1 amide bonds. The van der Waals surface area contributed by atoms with E-state index in [-0.39, 0.29) is 17.8 Å². The van der Waals surface area contributed by atoms with Crippen molar-refractivity contribution < 1.29 is 9.18 Å². The molecule has 0 saturated heterocycles. The molecule has 0 spiro atoms. The second-order valence-electron chi connectivity index (χ2n) is 6.36. The number of nitrogens with one attached hydrogen (secondary N) is 1. The highest BCUT2D eigenvalue weighted by molar-refractivity contribution is 9.10. The number of hydrogen-bond donors (Lipinski definition) is 1. The molecule has 0 saturated carbocycles. The number of benzene rings is 3. The number of carbonyl (C=O) groups excluding carboxylic acids is 1. The summed E-state index contributed by atoms with van der Waals surface area (Å²) in [5.74, 6) is -0.444. The van der Waals surface area contributed by atoms with E-state index in [1.165, 1.54) is 12.1 Å². The van der Waals surface area contributed by atoms with Gasteiger partial charge in [0, 0.05) is 20.3 Å². The number of amides is 1. The highest BCUT2D eigenvalue weighted by Gasteiger charge is 2.34. The average molecular weight is 502 g/mol. The molecule has 4 rings (SSSR count). The summed E-state index contributed by atoms with van der Waals surface area (Å²) in [7, 11) is 0. The average Bonchev–Trinajstić information content (AvgIpc) is 3.01. The first-order valence-corrected chi connectivity index (χ1v) is 10.2. The summed E-state index contributed by atoms with van der Waals surface area (Å²) in [6.07, 6.45) is 1.87. The topological polar surface area (TPSA) is 32.3 Å². The Balaban J connectivity index is 1.72. The molecule has 0 aliphatic carbocycles. The normalized spacial score (nSPS) is 16.2. The maximum atomic E-state index is 13.4. The van der Waals surface area contributed by atoms with Crippen LogP contribution in [0.3, 0.4) is 0 Å². The van der Waals surface area contributed by atoms with Crippen molar-refractivity contribution in [3.63, 3.8) is 0 Å². The molecule has 1 N–H and O–H groups in total. The fraction of sp³-hybridized carbons (Fsp3) is 0.0455. The third-order valence-corrected chi connectivity index (χ3v) is 5.55. The molecule has 1 atom stereocenters. The van der Waals surface area contributed by atoms with E-state index in [1.54, 1.807) is 17.0 Å². The lowest BCUT2D eigenvalue weighted by Crippen LogP contribution is -2.30. The molecule has 0 radical (unpaired) electrons. The number of nitrogens with zero attached hydrogens (tertiary/aromatic N) is 1. The molecule has 0 fully saturated rings. The molecule has 3 nitrogen and oxygen atoms in total. The van der Waals surface area contributed by atoms with Gasteiger partial charge >= 0.3 is 0 Å². The van der Waals surface area contributed by atoms with Gasteiger partial charge in [-0.1, -0.05) is 44.0 Å². The van der Waals surface area contributed by atoms with E-state index in [1.807, 2.05) is 54.6 Å². The van der Waals surface area contributed by atoms with Gasteiger partial charge in [-0.2, -0.15) is 0 Å². The minimum atomic E-state index is -0.327. The Hall–Kier alpha value is -2.44. The van der Waals surface area contributed by atoms with Crippen LogP contribution >= 0.6 is 31.9 Å². The van der Waals surface area contributed by atoms with Gasteiger partial charge < -0.3 is 5.32 Å². The maximum Gasteiger partial charge on any atom is 0.275 e. The van der Waals surface area contributed by atoms with Crippen LogP contribution < -0.4 is 10.2 Å². The minimum Gasteiger partial charge on any atom is -0.351 e. The standard InChI is InChI=1S/C22H15Br2FN2O/c23-15-3-9-18(10-4-15)26-20-13-21(14-1-7-17(25)8-2-14)27(22(20)28)19-11-5-16(24)6-12-19/h1-13,21,26H/t21-/m0/s1. The van der Waals surface area contributed by atoms with E-state index in [0.29, 0.717) is 5.70 Å². The van der Waals surface area contributed by atoms with Gasteiger partial charge in [0.1, 0.15) is 11.5 Å².